The zero-order chi connectivity index (χ0) is 13.1. The third-order valence-corrected chi connectivity index (χ3v) is 2.69. The van der Waals surface area contributed by atoms with Gasteiger partial charge in [0.05, 0.1) is 6.54 Å². The fourth-order valence-corrected chi connectivity index (χ4v) is 1.52. The van der Waals surface area contributed by atoms with Crippen LogP contribution in [-0.4, -0.2) is 20.0 Å². The lowest BCUT2D eigenvalue weighted by Crippen LogP contribution is -2.26. The molecule has 0 aromatic carbocycles. The second kappa shape index (κ2) is 4.87. The van der Waals surface area contributed by atoms with E-state index in [-0.39, 0.29) is 11.5 Å². The minimum Gasteiger partial charge on any atom is -0.345 e. The highest BCUT2D eigenvalue weighted by molar-refractivity contribution is 5.93. The van der Waals surface area contributed by atoms with Gasteiger partial charge in [0.1, 0.15) is 5.82 Å². The highest BCUT2D eigenvalue weighted by Crippen LogP contribution is 1.97. The van der Waals surface area contributed by atoms with Crippen molar-refractivity contribution in [1.29, 1.82) is 0 Å². The quantitative estimate of drug-likeness (QED) is 0.832. The number of amides is 1. The summed E-state index contributed by atoms with van der Waals surface area (Å²) in [5.41, 5.74) is 0.145. The summed E-state index contributed by atoms with van der Waals surface area (Å²) in [6.45, 7) is 0.331. The van der Waals surface area contributed by atoms with Gasteiger partial charge in [0, 0.05) is 44.3 Å². The van der Waals surface area contributed by atoms with Crippen LogP contribution in [-0.2, 0) is 20.6 Å². The molecule has 0 aliphatic heterocycles. The van der Waals surface area contributed by atoms with E-state index < -0.39 is 0 Å². The van der Waals surface area contributed by atoms with Gasteiger partial charge in [-0.1, -0.05) is 0 Å². The molecule has 0 spiro atoms. The molecule has 2 heterocycles. The molecule has 6 heteroatoms. The zero-order valence-electron chi connectivity index (χ0n) is 10.3. The fraction of sp³-hybridized carbons (Fsp3) is 0.250. The first-order chi connectivity index (χ1) is 8.58. The van der Waals surface area contributed by atoms with Crippen molar-refractivity contribution in [2.24, 2.45) is 14.1 Å². The second-order valence-corrected chi connectivity index (χ2v) is 4.00. The van der Waals surface area contributed by atoms with Crippen molar-refractivity contribution in [3.8, 4) is 0 Å². The molecular weight excluding hydrogens is 232 g/mol. The van der Waals surface area contributed by atoms with Crippen LogP contribution in [0.1, 0.15) is 16.2 Å². The van der Waals surface area contributed by atoms with Gasteiger partial charge in [-0.05, 0) is 6.07 Å². The topological polar surface area (TPSA) is 68.9 Å². The van der Waals surface area contributed by atoms with Crippen molar-refractivity contribution in [3.05, 3.63) is 52.5 Å². The van der Waals surface area contributed by atoms with E-state index in [9.17, 15) is 9.59 Å². The molecule has 0 bridgehead atoms. The van der Waals surface area contributed by atoms with E-state index in [1.807, 2.05) is 11.6 Å². The van der Waals surface area contributed by atoms with Crippen LogP contribution in [0.15, 0.2) is 35.5 Å². The minimum absolute atomic E-state index is 0.209. The van der Waals surface area contributed by atoms with Crippen LogP contribution in [0.4, 0.5) is 0 Å². The molecular formula is C12H14N4O2. The largest absolute Gasteiger partial charge is 0.345 e. The van der Waals surface area contributed by atoms with Crippen molar-refractivity contribution in [1.82, 2.24) is 19.4 Å². The Bertz CT molecular complexity index is 627. The summed E-state index contributed by atoms with van der Waals surface area (Å²) in [4.78, 5) is 27.3. The molecule has 2 aromatic heterocycles. The molecule has 0 aliphatic rings. The van der Waals surface area contributed by atoms with Crippen molar-refractivity contribution in [2.45, 2.75) is 6.54 Å². The van der Waals surface area contributed by atoms with Crippen LogP contribution in [0, 0.1) is 0 Å². The van der Waals surface area contributed by atoms with Gasteiger partial charge in [-0.25, -0.2) is 4.98 Å². The standard InChI is InChI=1S/C12H14N4O2/c1-15-6-4-13-10(15)8-14-12(18)9-3-5-16(2)11(17)7-9/h3-7H,8H2,1-2H3,(H,14,18). The first-order valence-corrected chi connectivity index (χ1v) is 5.49. The summed E-state index contributed by atoms with van der Waals surface area (Å²) >= 11 is 0. The number of aryl methyl sites for hydroxylation is 2. The van der Waals surface area contributed by atoms with Crippen LogP contribution in [0.2, 0.25) is 0 Å². The van der Waals surface area contributed by atoms with Crippen molar-refractivity contribution in [3.63, 3.8) is 0 Å². The van der Waals surface area contributed by atoms with Crippen molar-refractivity contribution < 1.29 is 4.79 Å². The Morgan fingerprint density at radius 2 is 2.11 bits per heavy atom. The van der Waals surface area contributed by atoms with Gasteiger partial charge in [-0.3, -0.25) is 9.59 Å². The molecule has 0 radical (unpaired) electrons. The highest BCUT2D eigenvalue weighted by atomic mass is 16.2. The van der Waals surface area contributed by atoms with Crippen LogP contribution in [0.25, 0.3) is 0 Å². The highest BCUT2D eigenvalue weighted by Gasteiger charge is 2.07. The number of hydrogen-bond acceptors (Lipinski definition) is 3. The Morgan fingerprint density at radius 1 is 1.33 bits per heavy atom. The van der Waals surface area contributed by atoms with Gasteiger partial charge in [-0.15, -0.1) is 0 Å². The van der Waals surface area contributed by atoms with Gasteiger partial charge in [0.15, 0.2) is 0 Å². The molecule has 0 unspecified atom stereocenters. The Balaban J connectivity index is 2.06. The smallest absolute Gasteiger partial charge is 0.251 e. The molecule has 2 rings (SSSR count). The van der Waals surface area contributed by atoms with E-state index in [0.29, 0.717) is 12.1 Å². The molecule has 1 N–H and O–H groups in total. The maximum atomic E-state index is 11.8. The summed E-state index contributed by atoms with van der Waals surface area (Å²) in [5, 5.41) is 2.72. The lowest BCUT2D eigenvalue weighted by molar-refractivity contribution is 0.0949. The first-order valence-electron chi connectivity index (χ1n) is 5.49. The second-order valence-electron chi connectivity index (χ2n) is 4.00. The Morgan fingerprint density at radius 3 is 2.72 bits per heavy atom. The molecule has 0 saturated carbocycles. The van der Waals surface area contributed by atoms with E-state index in [2.05, 4.69) is 10.3 Å². The molecule has 94 valence electrons. The Kier molecular flexibility index (Phi) is 3.27. The fourth-order valence-electron chi connectivity index (χ4n) is 1.52. The number of rotatable bonds is 3. The average Bonchev–Trinajstić information content (AvgIpc) is 2.75. The van der Waals surface area contributed by atoms with E-state index in [0.717, 1.165) is 5.82 Å². The normalized spacial score (nSPS) is 10.3. The first kappa shape index (κ1) is 12.1. The molecule has 0 atom stereocenters. The minimum atomic E-state index is -0.282. The maximum absolute atomic E-state index is 11.8. The summed E-state index contributed by atoms with van der Waals surface area (Å²) in [5.74, 6) is 0.475. The molecule has 2 aromatic rings. The lowest BCUT2D eigenvalue weighted by Gasteiger charge is -2.05. The summed E-state index contributed by atoms with van der Waals surface area (Å²) in [6.07, 6.45) is 5.04. The zero-order valence-corrected chi connectivity index (χ0v) is 10.3. The molecule has 0 aliphatic carbocycles. The molecule has 0 saturated heterocycles. The predicted octanol–water partition coefficient (Wildman–Crippen LogP) is 0.0488. The number of nitrogens with zero attached hydrogens (tertiary/aromatic N) is 3. The van der Waals surface area contributed by atoms with Crippen LogP contribution >= 0.6 is 0 Å². The SMILES string of the molecule is Cn1ccnc1CNC(=O)c1ccn(C)c(=O)c1. The number of pyridine rings is 1. The molecule has 6 nitrogen and oxygen atoms in total. The van der Waals surface area contributed by atoms with Gasteiger partial charge in [0.2, 0.25) is 0 Å². The molecule has 0 fully saturated rings. The molecule has 18 heavy (non-hydrogen) atoms. The lowest BCUT2D eigenvalue weighted by atomic mass is 10.2. The predicted molar refractivity (Wildman–Crippen MR) is 66.1 cm³/mol. The van der Waals surface area contributed by atoms with E-state index in [4.69, 9.17) is 0 Å². The van der Waals surface area contributed by atoms with E-state index >= 15 is 0 Å². The van der Waals surface area contributed by atoms with E-state index in [1.165, 1.54) is 10.6 Å². The van der Waals surface area contributed by atoms with Crippen LogP contribution in [0.5, 0.6) is 0 Å². The van der Waals surface area contributed by atoms with Gasteiger partial charge >= 0.3 is 0 Å². The number of imidazole rings is 1. The Labute approximate surface area is 104 Å². The number of carbonyl (C=O) groups excluding carboxylic acids is 1. The summed E-state index contributed by atoms with van der Waals surface area (Å²) < 4.78 is 3.24. The van der Waals surface area contributed by atoms with Crippen LogP contribution in [0.3, 0.4) is 0 Å². The number of carbonyl (C=O) groups is 1. The van der Waals surface area contributed by atoms with E-state index in [1.54, 1.807) is 31.7 Å². The van der Waals surface area contributed by atoms with Gasteiger partial charge < -0.3 is 14.5 Å². The number of nitrogens with one attached hydrogen (secondary N) is 1. The summed E-state index contributed by atoms with van der Waals surface area (Å²) in [6, 6.07) is 2.92. The van der Waals surface area contributed by atoms with Gasteiger partial charge in [-0.2, -0.15) is 0 Å². The van der Waals surface area contributed by atoms with Crippen molar-refractivity contribution >= 4 is 5.91 Å². The van der Waals surface area contributed by atoms with Crippen LogP contribution < -0.4 is 10.9 Å². The number of aromatic nitrogens is 3. The Hall–Kier alpha value is -2.37. The third kappa shape index (κ3) is 2.48. The third-order valence-electron chi connectivity index (χ3n) is 2.69. The number of hydrogen-bond donors (Lipinski definition) is 1. The monoisotopic (exact) mass is 246 g/mol. The summed E-state index contributed by atoms with van der Waals surface area (Å²) in [7, 11) is 3.49. The average molecular weight is 246 g/mol. The van der Waals surface area contributed by atoms with Gasteiger partial charge in [0.25, 0.3) is 11.5 Å². The van der Waals surface area contributed by atoms with Crippen molar-refractivity contribution in [2.75, 3.05) is 0 Å². The maximum Gasteiger partial charge on any atom is 0.251 e. The molecule has 1 amide bonds.